The normalized spacial score (nSPS) is 13.1. The van der Waals surface area contributed by atoms with Gasteiger partial charge in [0.05, 0.1) is 16.6 Å². The van der Waals surface area contributed by atoms with Crippen molar-refractivity contribution in [1.82, 2.24) is 9.97 Å². The molecular formula is C22H16N2O. The first-order chi connectivity index (χ1) is 13.1. The van der Waals surface area contributed by atoms with Gasteiger partial charge in [0, 0.05) is 8.13 Å². The van der Waals surface area contributed by atoms with Crippen LogP contribution in [0.2, 0.25) is 0 Å². The minimum absolute atomic E-state index is 0.583. The van der Waals surface area contributed by atoms with E-state index in [9.17, 15) is 0 Å². The number of furan rings is 1. The zero-order chi connectivity index (χ0) is 18.4. The van der Waals surface area contributed by atoms with Crippen molar-refractivity contribution < 1.29 is 7.16 Å². The third-order valence-electron chi connectivity index (χ3n) is 4.28. The number of nitrogens with zero attached hydrogens (tertiary/aromatic N) is 1. The molecule has 3 nitrogen and oxygen atoms in total. The van der Waals surface area contributed by atoms with Crippen molar-refractivity contribution in [3.63, 3.8) is 0 Å². The molecular weight excluding hydrogens is 308 g/mol. The lowest BCUT2D eigenvalue weighted by Crippen LogP contribution is -1.87. The Morgan fingerprint density at radius 1 is 0.920 bits per heavy atom. The zero-order valence-electron chi connectivity index (χ0n) is 15.4. The Kier molecular flexibility index (Phi) is 2.73. The third-order valence-corrected chi connectivity index (χ3v) is 4.28. The standard InChI is InChI=1S/C22H16N2O/c1-2-6-15(7-3-1)12-16-10-11-21-17(13-16)18(14-25-21)22-23-19-8-4-5-9-20(19)24-22/h1-11,13-14H,12H2,(H,23,24)/i12D2. The van der Waals surface area contributed by atoms with Gasteiger partial charge >= 0.3 is 0 Å². The fourth-order valence-corrected chi connectivity index (χ4v) is 3.06. The largest absolute Gasteiger partial charge is 0.464 e. The third kappa shape index (κ3) is 2.50. The highest BCUT2D eigenvalue weighted by molar-refractivity contribution is 5.94. The average Bonchev–Trinajstić information content (AvgIpc) is 3.31. The van der Waals surface area contributed by atoms with E-state index in [1.807, 2.05) is 54.6 Å². The van der Waals surface area contributed by atoms with E-state index >= 15 is 0 Å². The summed E-state index contributed by atoms with van der Waals surface area (Å²) in [7, 11) is 0. The molecule has 0 spiro atoms. The summed E-state index contributed by atoms with van der Waals surface area (Å²) >= 11 is 0. The van der Waals surface area contributed by atoms with Crippen LogP contribution in [0, 0.1) is 0 Å². The number of fused-ring (bicyclic) bond motifs is 2. The summed E-state index contributed by atoms with van der Waals surface area (Å²) in [5.41, 5.74) is 4.58. The van der Waals surface area contributed by atoms with Crippen molar-refractivity contribution in [3.05, 3.63) is 90.2 Å². The van der Waals surface area contributed by atoms with Gasteiger partial charge in [0.15, 0.2) is 0 Å². The first kappa shape index (κ1) is 12.1. The Morgan fingerprint density at radius 3 is 2.64 bits per heavy atom. The summed E-state index contributed by atoms with van der Waals surface area (Å²) in [5, 5.41) is 0.839. The van der Waals surface area contributed by atoms with Crippen molar-refractivity contribution in [2.24, 2.45) is 0 Å². The lowest BCUT2D eigenvalue weighted by molar-refractivity contribution is 0.616. The van der Waals surface area contributed by atoms with Gasteiger partial charge in [-0.3, -0.25) is 0 Å². The average molecular weight is 326 g/mol. The molecule has 0 saturated heterocycles. The van der Waals surface area contributed by atoms with Crippen LogP contribution < -0.4 is 0 Å². The van der Waals surface area contributed by atoms with E-state index in [1.165, 1.54) is 0 Å². The van der Waals surface area contributed by atoms with E-state index in [-0.39, 0.29) is 0 Å². The van der Waals surface area contributed by atoms with Crippen LogP contribution in [0.5, 0.6) is 0 Å². The van der Waals surface area contributed by atoms with Gasteiger partial charge in [0.2, 0.25) is 0 Å². The Morgan fingerprint density at radius 2 is 1.76 bits per heavy atom. The molecule has 0 aliphatic rings. The van der Waals surface area contributed by atoms with Gasteiger partial charge in [-0.05, 0) is 41.8 Å². The molecule has 0 fully saturated rings. The smallest absolute Gasteiger partial charge is 0.142 e. The molecule has 3 heteroatoms. The molecule has 0 bridgehead atoms. The van der Waals surface area contributed by atoms with Crippen LogP contribution in [-0.4, -0.2) is 9.97 Å². The summed E-state index contributed by atoms with van der Waals surface area (Å²) < 4.78 is 22.9. The van der Waals surface area contributed by atoms with Gasteiger partial charge in [0.1, 0.15) is 17.7 Å². The quantitative estimate of drug-likeness (QED) is 0.471. The van der Waals surface area contributed by atoms with Gasteiger partial charge < -0.3 is 9.40 Å². The molecule has 2 heterocycles. The minimum atomic E-state index is -1.60. The van der Waals surface area contributed by atoms with Crippen molar-refractivity contribution in [2.75, 3.05) is 0 Å². The van der Waals surface area contributed by atoms with E-state index in [4.69, 9.17) is 7.16 Å². The van der Waals surface area contributed by atoms with Crippen LogP contribution in [0.3, 0.4) is 0 Å². The molecule has 2 aromatic heterocycles. The number of aromatic amines is 1. The summed E-state index contributed by atoms with van der Waals surface area (Å²) in [6, 6.07) is 22.5. The maximum Gasteiger partial charge on any atom is 0.142 e. The number of H-pyrrole nitrogens is 1. The van der Waals surface area contributed by atoms with Crippen molar-refractivity contribution >= 4 is 22.0 Å². The molecule has 120 valence electrons. The van der Waals surface area contributed by atoms with E-state index < -0.39 is 6.37 Å². The summed E-state index contributed by atoms with van der Waals surface area (Å²) in [5.74, 6) is 0.715. The van der Waals surface area contributed by atoms with E-state index in [2.05, 4.69) is 9.97 Å². The fourth-order valence-electron chi connectivity index (χ4n) is 3.06. The van der Waals surface area contributed by atoms with Crippen LogP contribution in [0.4, 0.5) is 0 Å². The van der Waals surface area contributed by atoms with Crippen LogP contribution in [-0.2, 0) is 6.37 Å². The maximum absolute atomic E-state index is 8.61. The Bertz CT molecular complexity index is 1220. The number of rotatable bonds is 3. The number of para-hydroxylation sites is 2. The molecule has 0 amide bonds. The lowest BCUT2D eigenvalue weighted by atomic mass is 10.0. The minimum Gasteiger partial charge on any atom is -0.464 e. The highest BCUT2D eigenvalue weighted by atomic mass is 16.3. The molecule has 0 atom stereocenters. The molecule has 5 aromatic rings. The lowest BCUT2D eigenvalue weighted by Gasteiger charge is -2.02. The summed E-state index contributed by atoms with van der Waals surface area (Å²) in [6.07, 6.45) is 0.0715. The molecule has 0 unspecified atom stereocenters. The van der Waals surface area contributed by atoms with Crippen molar-refractivity contribution in [1.29, 1.82) is 0 Å². The molecule has 5 rings (SSSR count). The van der Waals surface area contributed by atoms with Crippen LogP contribution >= 0.6 is 0 Å². The first-order valence-corrected chi connectivity index (χ1v) is 8.15. The number of benzene rings is 3. The van der Waals surface area contributed by atoms with Crippen molar-refractivity contribution in [2.45, 2.75) is 6.37 Å². The Labute approximate surface area is 147 Å². The SMILES string of the molecule is [2H]C([2H])(c1ccccc1)c1ccc2occ(-c3nc4ccccc4[nH]3)c2c1. The molecule has 1 N–H and O–H groups in total. The van der Waals surface area contributed by atoms with Gasteiger partial charge in [-0.25, -0.2) is 4.98 Å². The number of aromatic nitrogens is 2. The molecule has 0 aliphatic carbocycles. The Balaban J connectivity index is 1.67. The van der Waals surface area contributed by atoms with Crippen LogP contribution in [0.1, 0.15) is 13.9 Å². The van der Waals surface area contributed by atoms with Gasteiger partial charge in [-0.1, -0.05) is 48.5 Å². The van der Waals surface area contributed by atoms with E-state index in [0.717, 1.165) is 22.0 Å². The Hall–Kier alpha value is -3.33. The topological polar surface area (TPSA) is 41.8 Å². The molecule has 0 radical (unpaired) electrons. The van der Waals surface area contributed by atoms with Gasteiger partial charge in [-0.2, -0.15) is 0 Å². The van der Waals surface area contributed by atoms with Gasteiger partial charge in [-0.15, -0.1) is 0 Å². The van der Waals surface area contributed by atoms with Crippen LogP contribution in [0.25, 0.3) is 33.4 Å². The monoisotopic (exact) mass is 326 g/mol. The predicted octanol–water partition coefficient (Wildman–Crippen LogP) is 5.57. The second kappa shape index (κ2) is 5.64. The number of hydrogen-bond acceptors (Lipinski definition) is 2. The van der Waals surface area contributed by atoms with Crippen LogP contribution in [0.15, 0.2) is 83.5 Å². The molecule has 0 saturated carbocycles. The fraction of sp³-hybridized carbons (Fsp3) is 0.0455. The number of nitrogens with one attached hydrogen (secondary N) is 1. The number of imidazole rings is 1. The highest BCUT2D eigenvalue weighted by Gasteiger charge is 2.13. The molecule has 3 aromatic carbocycles. The predicted molar refractivity (Wildman–Crippen MR) is 101 cm³/mol. The molecule has 25 heavy (non-hydrogen) atoms. The maximum atomic E-state index is 8.61. The highest BCUT2D eigenvalue weighted by Crippen LogP contribution is 2.31. The van der Waals surface area contributed by atoms with E-state index in [1.54, 1.807) is 24.5 Å². The first-order valence-electron chi connectivity index (χ1n) is 9.15. The second-order valence-electron chi connectivity index (χ2n) is 5.95. The molecule has 0 aliphatic heterocycles. The number of hydrogen-bond donors (Lipinski definition) is 1. The summed E-state index contributed by atoms with van der Waals surface area (Å²) in [6.45, 7) is 0. The van der Waals surface area contributed by atoms with E-state index in [0.29, 0.717) is 22.5 Å². The summed E-state index contributed by atoms with van der Waals surface area (Å²) in [4.78, 5) is 7.96. The zero-order valence-corrected chi connectivity index (χ0v) is 13.4. The second-order valence-corrected chi connectivity index (χ2v) is 5.95. The van der Waals surface area contributed by atoms with Gasteiger partial charge in [0.25, 0.3) is 0 Å². The van der Waals surface area contributed by atoms with Crippen molar-refractivity contribution in [3.8, 4) is 11.4 Å².